The summed E-state index contributed by atoms with van der Waals surface area (Å²) < 4.78 is 0. The topological polar surface area (TPSA) is 87.4 Å². The van der Waals surface area contributed by atoms with Crippen LogP contribution in [-0.4, -0.2) is 23.5 Å². The number of aromatic nitrogens is 1. The minimum Gasteiger partial charge on any atom is -0.397 e. The summed E-state index contributed by atoms with van der Waals surface area (Å²) in [5.41, 5.74) is 12.9. The number of nitrogens with zero attached hydrogens (tertiary/aromatic N) is 4. The fourth-order valence-corrected chi connectivity index (χ4v) is 3.12. The highest BCUT2D eigenvalue weighted by atomic mass is 14.7. The minimum atomic E-state index is 0.242. The van der Waals surface area contributed by atoms with E-state index in [0.717, 1.165) is 34.5 Å². The number of pyridine rings is 1. The Labute approximate surface area is 191 Å². The average molecular weight is 426 g/mol. The van der Waals surface area contributed by atoms with E-state index >= 15 is 0 Å². The monoisotopic (exact) mass is 425 g/mol. The van der Waals surface area contributed by atoms with Gasteiger partial charge in [0.05, 0.1) is 28.7 Å². The summed E-state index contributed by atoms with van der Waals surface area (Å²) in [7, 11) is 1.74. The normalized spacial score (nSPS) is 14.1. The Kier molecular flexibility index (Phi) is 9.31. The quantitative estimate of drug-likeness (QED) is 0.425. The van der Waals surface area contributed by atoms with E-state index in [1.165, 1.54) is 0 Å². The lowest BCUT2D eigenvalue weighted by atomic mass is 9.89. The zero-order valence-electron chi connectivity index (χ0n) is 19.3. The molecule has 1 atom stereocenters. The Morgan fingerprint density at radius 2 is 2.09 bits per heavy atom. The van der Waals surface area contributed by atoms with Crippen LogP contribution in [0.15, 0.2) is 83.1 Å². The first-order valence-corrected chi connectivity index (χ1v) is 10.7. The predicted octanol–water partition coefficient (Wildman–Crippen LogP) is 5.49. The highest BCUT2D eigenvalue weighted by Crippen LogP contribution is 2.21. The van der Waals surface area contributed by atoms with Crippen molar-refractivity contribution in [2.45, 2.75) is 33.6 Å². The van der Waals surface area contributed by atoms with Crippen LogP contribution in [0.4, 0.5) is 0 Å². The van der Waals surface area contributed by atoms with E-state index in [1.54, 1.807) is 19.3 Å². The van der Waals surface area contributed by atoms with Crippen molar-refractivity contribution in [2.24, 2.45) is 21.6 Å². The highest BCUT2D eigenvalue weighted by Gasteiger charge is 2.17. The molecule has 2 aromatic rings. The van der Waals surface area contributed by atoms with Crippen LogP contribution in [0.3, 0.4) is 0 Å². The van der Waals surface area contributed by atoms with E-state index in [9.17, 15) is 5.26 Å². The molecule has 1 aromatic heterocycles. The van der Waals surface area contributed by atoms with Gasteiger partial charge in [0.25, 0.3) is 0 Å². The molecule has 0 aliphatic rings. The Morgan fingerprint density at radius 3 is 2.69 bits per heavy atom. The number of hydrogen-bond acceptors (Lipinski definition) is 5. The number of aliphatic imine (C=N–C) groups is 2. The number of nitrogens with two attached hydrogens (primary N) is 1. The zero-order valence-corrected chi connectivity index (χ0v) is 19.3. The molecule has 32 heavy (non-hydrogen) atoms. The minimum absolute atomic E-state index is 0.242. The standard InChI is InChI=1S/C27H31N5/c1-6-19(3)18-32-27(20(4)7-2)24-12-11-21(17-28)14-22(24)15-23(30-5)16-25(29)26-10-8-9-13-31-26/h6,8-14,16,18,20H,1,7,15,29H2,2-5H3/b19-18-,25-16?,30-23?,32-27?. The first-order valence-electron chi connectivity index (χ1n) is 10.7. The molecule has 0 saturated heterocycles. The maximum absolute atomic E-state index is 9.47. The van der Waals surface area contributed by atoms with Crippen molar-refractivity contribution in [2.75, 3.05) is 7.05 Å². The van der Waals surface area contributed by atoms with Crippen molar-refractivity contribution in [3.8, 4) is 6.07 Å². The second-order valence-electron chi connectivity index (χ2n) is 7.59. The lowest BCUT2D eigenvalue weighted by Gasteiger charge is -2.17. The van der Waals surface area contributed by atoms with E-state index in [2.05, 4.69) is 36.5 Å². The smallest absolute Gasteiger partial charge is 0.0991 e. The SMILES string of the molecule is C=C/C(C)=C\N=C(c1ccc(C#N)cc1CC(C=C(N)c1ccccn1)=NC)C(C)CC. The summed E-state index contributed by atoms with van der Waals surface area (Å²) in [4.78, 5) is 13.5. The largest absolute Gasteiger partial charge is 0.397 e. The lowest BCUT2D eigenvalue weighted by molar-refractivity contribution is 0.739. The Balaban J connectivity index is 2.54. The van der Waals surface area contributed by atoms with Gasteiger partial charge in [-0.25, -0.2) is 0 Å². The van der Waals surface area contributed by atoms with Crippen LogP contribution in [0.25, 0.3) is 5.70 Å². The molecule has 2 rings (SSSR count). The molecule has 2 N–H and O–H groups in total. The lowest BCUT2D eigenvalue weighted by Crippen LogP contribution is -2.16. The second kappa shape index (κ2) is 12.2. The van der Waals surface area contributed by atoms with Gasteiger partial charge in [-0.05, 0) is 66.3 Å². The molecule has 0 bridgehead atoms. The molecule has 0 amide bonds. The summed E-state index contributed by atoms with van der Waals surface area (Å²) in [5.74, 6) is 0.242. The molecule has 5 nitrogen and oxygen atoms in total. The maximum Gasteiger partial charge on any atom is 0.0991 e. The average Bonchev–Trinajstić information content (AvgIpc) is 2.84. The molecule has 164 valence electrons. The fraction of sp³-hybridized carbons (Fsp3) is 0.259. The number of hydrogen-bond donors (Lipinski definition) is 1. The van der Waals surface area contributed by atoms with Crippen molar-refractivity contribution < 1.29 is 0 Å². The number of allylic oxidation sites excluding steroid dienone is 3. The first-order chi connectivity index (χ1) is 15.4. The fourth-order valence-electron chi connectivity index (χ4n) is 3.12. The molecule has 1 unspecified atom stereocenters. The molecule has 0 aliphatic carbocycles. The van der Waals surface area contributed by atoms with Gasteiger partial charge in [-0.3, -0.25) is 15.0 Å². The summed E-state index contributed by atoms with van der Waals surface area (Å²) in [6, 6.07) is 13.6. The van der Waals surface area contributed by atoms with E-state index in [-0.39, 0.29) is 5.92 Å². The summed E-state index contributed by atoms with van der Waals surface area (Å²) >= 11 is 0. The third-order valence-corrected chi connectivity index (χ3v) is 5.26. The highest BCUT2D eigenvalue weighted by molar-refractivity contribution is 6.07. The van der Waals surface area contributed by atoms with Gasteiger partial charge in [-0.1, -0.05) is 38.6 Å². The van der Waals surface area contributed by atoms with Crippen LogP contribution in [0.1, 0.15) is 49.6 Å². The van der Waals surface area contributed by atoms with Gasteiger partial charge in [0.2, 0.25) is 0 Å². The summed E-state index contributed by atoms with van der Waals surface area (Å²) in [6.45, 7) is 10.1. The third kappa shape index (κ3) is 6.61. The van der Waals surface area contributed by atoms with Crippen molar-refractivity contribution in [3.05, 3.63) is 95.5 Å². The molecule has 1 aromatic carbocycles. The zero-order chi connectivity index (χ0) is 23.5. The Hall–Kier alpha value is -3.78. The van der Waals surface area contributed by atoms with Crippen molar-refractivity contribution in [1.29, 1.82) is 5.26 Å². The van der Waals surface area contributed by atoms with Crippen LogP contribution in [0, 0.1) is 17.2 Å². The van der Waals surface area contributed by atoms with Gasteiger partial charge < -0.3 is 5.73 Å². The van der Waals surface area contributed by atoms with Gasteiger partial charge in [0.1, 0.15) is 0 Å². The molecule has 0 spiro atoms. The van der Waals surface area contributed by atoms with Gasteiger partial charge in [-0.2, -0.15) is 5.26 Å². The van der Waals surface area contributed by atoms with Crippen LogP contribution in [0.2, 0.25) is 0 Å². The van der Waals surface area contributed by atoms with E-state index < -0.39 is 0 Å². The third-order valence-electron chi connectivity index (χ3n) is 5.26. The molecule has 0 radical (unpaired) electrons. The molecule has 5 heteroatoms. The van der Waals surface area contributed by atoms with Crippen LogP contribution >= 0.6 is 0 Å². The van der Waals surface area contributed by atoms with E-state index in [4.69, 9.17) is 10.7 Å². The van der Waals surface area contributed by atoms with Gasteiger partial charge in [0, 0.05) is 31.6 Å². The van der Waals surface area contributed by atoms with Crippen molar-refractivity contribution >= 4 is 17.1 Å². The Bertz CT molecular complexity index is 1100. The van der Waals surface area contributed by atoms with Gasteiger partial charge in [-0.15, -0.1) is 0 Å². The number of rotatable bonds is 9. The van der Waals surface area contributed by atoms with E-state index in [0.29, 0.717) is 23.4 Å². The number of benzene rings is 1. The predicted molar refractivity (Wildman–Crippen MR) is 135 cm³/mol. The van der Waals surface area contributed by atoms with Crippen LogP contribution in [0.5, 0.6) is 0 Å². The van der Waals surface area contributed by atoms with Gasteiger partial charge >= 0.3 is 0 Å². The first kappa shape index (κ1) is 24.5. The van der Waals surface area contributed by atoms with E-state index in [1.807, 2.05) is 55.6 Å². The maximum atomic E-state index is 9.47. The molecule has 0 fully saturated rings. The van der Waals surface area contributed by atoms with Crippen LogP contribution < -0.4 is 5.73 Å². The molecule has 0 saturated carbocycles. The Morgan fingerprint density at radius 1 is 1.31 bits per heavy atom. The number of nitriles is 1. The molecular weight excluding hydrogens is 394 g/mol. The molecule has 0 aliphatic heterocycles. The summed E-state index contributed by atoms with van der Waals surface area (Å²) in [6.07, 6.45) is 8.64. The summed E-state index contributed by atoms with van der Waals surface area (Å²) in [5, 5.41) is 9.47. The molecule has 1 heterocycles. The van der Waals surface area contributed by atoms with Crippen molar-refractivity contribution in [1.82, 2.24) is 4.98 Å². The second-order valence-corrected chi connectivity index (χ2v) is 7.59. The molecular formula is C27H31N5. The van der Waals surface area contributed by atoms with Gasteiger partial charge in [0.15, 0.2) is 0 Å². The van der Waals surface area contributed by atoms with Crippen molar-refractivity contribution in [3.63, 3.8) is 0 Å². The van der Waals surface area contributed by atoms with Crippen LogP contribution in [-0.2, 0) is 6.42 Å².